The van der Waals surface area contributed by atoms with Crippen molar-refractivity contribution in [1.82, 2.24) is 5.32 Å². The number of nitrogens with two attached hydrogens (primary N) is 1. The van der Waals surface area contributed by atoms with Gasteiger partial charge >= 0.3 is 6.09 Å². The first-order valence-electron chi connectivity index (χ1n) is 15.9. The molecular formula is C38H83IN4O6S. The van der Waals surface area contributed by atoms with Gasteiger partial charge in [0.1, 0.15) is 16.8 Å². The van der Waals surface area contributed by atoms with Gasteiger partial charge in [0, 0.05) is 23.9 Å². The van der Waals surface area contributed by atoms with Crippen molar-refractivity contribution in [3.63, 3.8) is 0 Å². The van der Waals surface area contributed by atoms with Crippen molar-refractivity contribution in [3.05, 3.63) is 0 Å². The smallest absolute Gasteiger partial charge is 0.407 e. The Morgan fingerprint density at radius 1 is 0.740 bits per heavy atom. The van der Waals surface area contributed by atoms with Crippen LogP contribution in [0.2, 0.25) is 0 Å². The van der Waals surface area contributed by atoms with E-state index in [4.69, 9.17) is 21.0 Å². The number of carbonyl (C=O) groups excluding carboxylic acids is 2. The van der Waals surface area contributed by atoms with E-state index < -0.39 is 44.7 Å². The van der Waals surface area contributed by atoms with Crippen LogP contribution < -0.4 is 11.1 Å². The van der Waals surface area contributed by atoms with E-state index in [-0.39, 0.29) is 26.1 Å². The summed E-state index contributed by atoms with van der Waals surface area (Å²) in [7, 11) is 0. The molecule has 6 N–H and O–H groups in total. The Kier molecular flexibility index (Phi) is 38.0. The summed E-state index contributed by atoms with van der Waals surface area (Å²) >= 11 is 4.04. The largest absolute Gasteiger partial charge is 0.444 e. The molecule has 12 heteroatoms. The highest BCUT2D eigenvalue weighted by molar-refractivity contribution is 14.1. The minimum Gasteiger partial charge on any atom is -0.444 e. The normalized spacial score (nSPS) is 11.5. The van der Waals surface area contributed by atoms with E-state index in [0.717, 1.165) is 0 Å². The van der Waals surface area contributed by atoms with Crippen molar-refractivity contribution >= 4 is 46.2 Å². The van der Waals surface area contributed by atoms with Crippen molar-refractivity contribution in [1.29, 1.82) is 10.5 Å². The standard InChI is InChI=1S/C12H25NO3.C7H17NO.C7H13NO.C6H9NO.C2H5I.C2H6S.2CH4/c1-10(2,3)16-9(14)13-8-11(4,5)12(6,7)15;2*1-6(2,5-8)7(3,4)9;1-5(8)6(2,3)4-7;1-2-3;1-3-2;;/h15H,8H2,1-7H3,(H,13,14);9H,5,8H2,1-4H3;9H,1-4H3;1-3H3;2H2,1H3;1-2H3;2*1H4. The van der Waals surface area contributed by atoms with Gasteiger partial charge in [0.25, 0.3) is 0 Å². The van der Waals surface area contributed by atoms with Crippen LogP contribution in [0.3, 0.4) is 0 Å². The molecular weight excluding hydrogens is 767 g/mol. The minimum absolute atomic E-state index is 0. The second-order valence-electron chi connectivity index (χ2n) is 16.2. The molecule has 0 spiro atoms. The molecule has 0 aromatic heterocycles. The second kappa shape index (κ2) is 28.4. The van der Waals surface area contributed by atoms with Gasteiger partial charge in [-0.2, -0.15) is 22.3 Å². The number of ether oxygens (including phenoxy) is 1. The summed E-state index contributed by atoms with van der Waals surface area (Å²) in [6.07, 6.45) is 3.63. The number of hydrogen-bond donors (Lipinski definition) is 5. The molecule has 0 aliphatic rings. The summed E-state index contributed by atoms with van der Waals surface area (Å²) < 4.78 is 6.33. The number of nitrogens with zero attached hydrogens (tertiary/aromatic N) is 2. The Morgan fingerprint density at radius 3 is 1.14 bits per heavy atom. The van der Waals surface area contributed by atoms with Crippen LogP contribution in [0.25, 0.3) is 0 Å². The van der Waals surface area contributed by atoms with Gasteiger partial charge < -0.3 is 31.1 Å². The highest BCUT2D eigenvalue weighted by Gasteiger charge is 2.36. The number of alkyl halides is 1. The van der Waals surface area contributed by atoms with E-state index >= 15 is 0 Å². The van der Waals surface area contributed by atoms with Crippen molar-refractivity contribution in [3.8, 4) is 12.1 Å². The summed E-state index contributed by atoms with van der Waals surface area (Å²) in [5, 5.41) is 48.2. The first-order chi connectivity index (χ1) is 20.8. The van der Waals surface area contributed by atoms with Gasteiger partial charge in [0.15, 0.2) is 0 Å². The third-order valence-corrected chi connectivity index (χ3v) is 7.86. The number of ketones is 1. The number of nitriles is 2. The molecule has 304 valence electrons. The summed E-state index contributed by atoms with van der Waals surface area (Å²) in [4.78, 5) is 21.9. The van der Waals surface area contributed by atoms with Crippen LogP contribution in [0.5, 0.6) is 0 Å². The van der Waals surface area contributed by atoms with Gasteiger partial charge in [-0.1, -0.05) is 72.1 Å². The molecule has 0 fully saturated rings. The van der Waals surface area contributed by atoms with Crippen LogP contribution in [-0.2, 0) is 9.53 Å². The van der Waals surface area contributed by atoms with Crippen molar-refractivity contribution < 1.29 is 29.6 Å². The van der Waals surface area contributed by atoms with Gasteiger partial charge in [0.05, 0.1) is 34.4 Å². The van der Waals surface area contributed by atoms with E-state index in [1.807, 2.05) is 73.1 Å². The quantitative estimate of drug-likeness (QED) is 0.122. The maximum atomic E-state index is 11.4. The molecule has 0 aromatic carbocycles. The number of nitrogens with one attached hydrogen (secondary N) is 1. The van der Waals surface area contributed by atoms with Gasteiger partial charge in [-0.3, -0.25) is 4.79 Å². The zero-order valence-electron chi connectivity index (χ0n) is 34.4. The molecule has 0 radical (unpaired) electrons. The maximum absolute atomic E-state index is 11.4. The van der Waals surface area contributed by atoms with Crippen LogP contribution >= 0.6 is 34.4 Å². The summed E-state index contributed by atoms with van der Waals surface area (Å²) in [5.74, 6) is -0.0833. The lowest BCUT2D eigenvalue weighted by atomic mass is 9.77. The lowest BCUT2D eigenvalue weighted by molar-refractivity contribution is -0.122. The molecule has 0 heterocycles. The number of halogens is 1. The molecule has 0 aliphatic heterocycles. The van der Waals surface area contributed by atoms with Gasteiger partial charge in [0.2, 0.25) is 0 Å². The lowest BCUT2D eigenvalue weighted by Crippen LogP contribution is -2.48. The summed E-state index contributed by atoms with van der Waals surface area (Å²) in [6.45, 7) is 34.5. The molecule has 0 rings (SSSR count). The van der Waals surface area contributed by atoms with Gasteiger partial charge in [-0.25, -0.2) is 4.79 Å². The van der Waals surface area contributed by atoms with Crippen molar-refractivity contribution in [2.45, 2.75) is 169 Å². The van der Waals surface area contributed by atoms with E-state index in [0.29, 0.717) is 13.1 Å². The van der Waals surface area contributed by atoms with E-state index in [1.165, 1.54) is 11.4 Å². The molecule has 0 atom stereocenters. The third kappa shape index (κ3) is 36.6. The molecule has 50 heavy (non-hydrogen) atoms. The van der Waals surface area contributed by atoms with E-state index in [1.54, 1.807) is 81.0 Å². The highest BCUT2D eigenvalue weighted by atomic mass is 127. The zero-order valence-corrected chi connectivity index (χ0v) is 37.4. The monoisotopic (exact) mass is 851 g/mol. The van der Waals surface area contributed by atoms with Gasteiger partial charge in [-0.15, -0.1) is 0 Å². The Labute approximate surface area is 328 Å². The second-order valence-corrected chi connectivity index (χ2v) is 18.6. The number of amides is 1. The van der Waals surface area contributed by atoms with Crippen molar-refractivity contribution in [2.75, 3.05) is 30.0 Å². The summed E-state index contributed by atoms with van der Waals surface area (Å²) in [5.41, 5.74) is 0.431. The fourth-order valence-electron chi connectivity index (χ4n) is 1.29. The number of alkyl carbamates (subject to hydrolysis) is 1. The summed E-state index contributed by atoms with van der Waals surface area (Å²) in [6, 6.07) is 3.92. The minimum atomic E-state index is -0.915. The van der Waals surface area contributed by atoms with E-state index in [2.05, 4.69) is 34.8 Å². The highest BCUT2D eigenvalue weighted by Crippen LogP contribution is 2.30. The number of hydrogen-bond acceptors (Lipinski definition) is 10. The Balaban J connectivity index is -0.0000000758. The fourth-order valence-corrected chi connectivity index (χ4v) is 1.29. The number of thioether (sulfide) groups is 1. The predicted molar refractivity (Wildman–Crippen MR) is 227 cm³/mol. The van der Waals surface area contributed by atoms with Crippen LogP contribution in [0.4, 0.5) is 4.79 Å². The Bertz CT molecular complexity index is 957. The van der Waals surface area contributed by atoms with Crippen LogP contribution in [-0.4, -0.2) is 79.6 Å². The van der Waals surface area contributed by atoms with E-state index in [9.17, 15) is 24.9 Å². The predicted octanol–water partition coefficient (Wildman–Crippen LogP) is 9.18. The molecule has 10 nitrogen and oxygen atoms in total. The molecule has 0 saturated heterocycles. The third-order valence-electron chi connectivity index (χ3n) is 7.86. The van der Waals surface area contributed by atoms with Crippen LogP contribution in [0, 0.1) is 44.3 Å². The Morgan fingerprint density at radius 2 is 1.04 bits per heavy atom. The number of aliphatic hydroxyl groups is 3. The average Bonchev–Trinajstić information content (AvgIpc) is 2.86. The molecule has 0 aliphatic carbocycles. The SMILES string of the molecule is C.C.CC(=O)C(C)(C)C#N.CC(C)(C)OC(=O)NCC(C)(C)C(C)(C)O.CC(C)(O)C(C)(C)C#N.CC(C)(O)C(C)(C)CN.CCI.CSC. The molecule has 0 aromatic rings. The first kappa shape index (κ1) is 67.0. The topological polar surface area (TPSA) is 190 Å². The van der Waals surface area contributed by atoms with Crippen LogP contribution in [0.1, 0.15) is 146 Å². The molecule has 1 amide bonds. The van der Waals surface area contributed by atoms with Crippen molar-refractivity contribution in [2.24, 2.45) is 27.4 Å². The zero-order chi connectivity index (χ0) is 40.8. The Hall–Kier alpha value is -1.16. The fraction of sp³-hybridized carbons (Fsp3) is 0.895. The number of carbonyl (C=O) groups is 2. The lowest BCUT2D eigenvalue weighted by Gasteiger charge is -2.37. The van der Waals surface area contributed by atoms with Gasteiger partial charge in [-0.05, 0) is 114 Å². The molecule has 0 saturated carbocycles. The van der Waals surface area contributed by atoms with Crippen LogP contribution in [0.15, 0.2) is 0 Å². The number of rotatable bonds is 7. The average molecular weight is 851 g/mol. The maximum Gasteiger partial charge on any atom is 0.407 e. The molecule has 0 unspecified atom stereocenters. The number of Topliss-reactive ketones (excluding diaryl/α,β-unsaturated/α-hetero) is 1. The first-order valence-corrected chi connectivity index (χ1v) is 19.1. The molecule has 0 bridgehead atoms.